The van der Waals surface area contributed by atoms with Gasteiger partial charge in [-0.2, -0.15) is 0 Å². The molecular formula is C19H19N3O2. The van der Waals surface area contributed by atoms with Crippen LogP contribution in [0.25, 0.3) is 10.9 Å². The lowest BCUT2D eigenvalue weighted by Gasteiger charge is -2.05. The molecule has 5 heteroatoms. The summed E-state index contributed by atoms with van der Waals surface area (Å²) in [6.45, 7) is 4.06. The predicted molar refractivity (Wildman–Crippen MR) is 95.6 cm³/mol. The first kappa shape index (κ1) is 15.8. The van der Waals surface area contributed by atoms with Gasteiger partial charge in [0.05, 0.1) is 0 Å². The van der Waals surface area contributed by atoms with E-state index in [4.69, 9.17) is 0 Å². The molecule has 0 atom stereocenters. The first-order chi connectivity index (χ1) is 11.5. The largest absolute Gasteiger partial charge is 0.355 e. The first-order valence-electron chi connectivity index (χ1n) is 7.71. The molecule has 0 spiro atoms. The number of hydrogen-bond donors (Lipinski definition) is 3. The van der Waals surface area contributed by atoms with Crippen molar-refractivity contribution in [2.45, 2.75) is 13.8 Å². The number of aromatic amines is 1. The minimum Gasteiger partial charge on any atom is -0.355 e. The van der Waals surface area contributed by atoms with Gasteiger partial charge in [0.1, 0.15) is 5.69 Å². The lowest BCUT2D eigenvalue weighted by atomic mass is 10.1. The molecule has 122 valence electrons. The van der Waals surface area contributed by atoms with Crippen molar-refractivity contribution in [3.63, 3.8) is 0 Å². The fourth-order valence-electron chi connectivity index (χ4n) is 2.77. The quantitative estimate of drug-likeness (QED) is 0.692. The van der Waals surface area contributed by atoms with Gasteiger partial charge in [-0.25, -0.2) is 0 Å². The zero-order valence-corrected chi connectivity index (χ0v) is 13.9. The van der Waals surface area contributed by atoms with Crippen molar-refractivity contribution in [1.82, 2.24) is 10.3 Å². The standard InChI is InChI=1S/C19H19N3O2/c1-11-8-12(2)15-10-17(22-16(15)9-11)19(24)21-14-6-4-13(5-7-14)18(23)20-3/h4-10,22H,1-3H3,(H,20,23)(H,21,24). The van der Waals surface area contributed by atoms with Gasteiger partial charge in [-0.05, 0) is 61.4 Å². The molecule has 0 unspecified atom stereocenters. The Labute approximate surface area is 140 Å². The Balaban J connectivity index is 1.82. The lowest BCUT2D eigenvalue weighted by Crippen LogP contribution is -2.18. The monoisotopic (exact) mass is 321 g/mol. The van der Waals surface area contributed by atoms with E-state index in [1.807, 2.05) is 26.0 Å². The molecule has 0 fully saturated rings. The van der Waals surface area contributed by atoms with E-state index in [0.717, 1.165) is 22.0 Å². The van der Waals surface area contributed by atoms with E-state index in [-0.39, 0.29) is 11.8 Å². The molecular weight excluding hydrogens is 302 g/mol. The Kier molecular flexibility index (Phi) is 4.08. The number of amides is 2. The van der Waals surface area contributed by atoms with Crippen molar-refractivity contribution in [1.29, 1.82) is 0 Å². The van der Waals surface area contributed by atoms with Gasteiger partial charge in [0.25, 0.3) is 11.8 Å². The van der Waals surface area contributed by atoms with Gasteiger partial charge in [0.15, 0.2) is 0 Å². The summed E-state index contributed by atoms with van der Waals surface area (Å²) in [7, 11) is 1.58. The number of benzene rings is 2. The van der Waals surface area contributed by atoms with Crippen LogP contribution in [0.15, 0.2) is 42.5 Å². The number of hydrogen-bond acceptors (Lipinski definition) is 2. The maximum atomic E-state index is 12.4. The number of carbonyl (C=O) groups is 2. The van der Waals surface area contributed by atoms with Crippen molar-refractivity contribution in [3.05, 3.63) is 64.8 Å². The third-order valence-corrected chi connectivity index (χ3v) is 3.97. The number of fused-ring (bicyclic) bond motifs is 1. The second kappa shape index (κ2) is 6.20. The van der Waals surface area contributed by atoms with E-state index in [1.54, 1.807) is 31.3 Å². The third-order valence-electron chi connectivity index (χ3n) is 3.97. The summed E-state index contributed by atoms with van der Waals surface area (Å²) in [6, 6.07) is 12.7. The molecule has 0 aliphatic heterocycles. The maximum absolute atomic E-state index is 12.4. The van der Waals surface area contributed by atoms with Gasteiger partial charge in [-0.3, -0.25) is 9.59 Å². The number of carbonyl (C=O) groups excluding carboxylic acids is 2. The zero-order valence-electron chi connectivity index (χ0n) is 13.9. The van der Waals surface area contributed by atoms with Gasteiger partial charge in [-0.1, -0.05) is 6.07 Å². The van der Waals surface area contributed by atoms with Gasteiger partial charge in [-0.15, -0.1) is 0 Å². The normalized spacial score (nSPS) is 10.6. The highest BCUT2D eigenvalue weighted by atomic mass is 16.2. The van der Waals surface area contributed by atoms with E-state index < -0.39 is 0 Å². The number of H-pyrrole nitrogens is 1. The number of aryl methyl sites for hydroxylation is 2. The Bertz CT molecular complexity index is 924. The number of anilines is 1. The SMILES string of the molecule is CNC(=O)c1ccc(NC(=O)c2cc3c(C)cc(C)cc3[nH]2)cc1. The van der Waals surface area contributed by atoms with E-state index >= 15 is 0 Å². The van der Waals surface area contributed by atoms with Crippen LogP contribution < -0.4 is 10.6 Å². The summed E-state index contributed by atoms with van der Waals surface area (Å²) >= 11 is 0. The summed E-state index contributed by atoms with van der Waals surface area (Å²) in [4.78, 5) is 27.1. The summed E-state index contributed by atoms with van der Waals surface area (Å²) < 4.78 is 0. The second-order valence-corrected chi connectivity index (χ2v) is 5.84. The average Bonchev–Trinajstić information content (AvgIpc) is 2.99. The Hall–Kier alpha value is -3.08. The minimum atomic E-state index is -0.212. The Morgan fingerprint density at radius 3 is 2.33 bits per heavy atom. The molecule has 0 aliphatic carbocycles. The molecule has 0 saturated carbocycles. The average molecular weight is 321 g/mol. The van der Waals surface area contributed by atoms with Crippen molar-refractivity contribution in [2.24, 2.45) is 0 Å². The van der Waals surface area contributed by atoms with Gasteiger partial charge >= 0.3 is 0 Å². The van der Waals surface area contributed by atoms with Crippen LogP contribution in [0.5, 0.6) is 0 Å². The van der Waals surface area contributed by atoms with Gasteiger partial charge < -0.3 is 15.6 Å². The molecule has 0 saturated heterocycles. The topological polar surface area (TPSA) is 74.0 Å². The fraction of sp³-hybridized carbons (Fsp3) is 0.158. The summed E-state index contributed by atoms with van der Waals surface area (Å²) in [5.41, 5.74) is 4.93. The van der Waals surface area contributed by atoms with Crippen molar-refractivity contribution >= 4 is 28.4 Å². The van der Waals surface area contributed by atoms with Gasteiger partial charge in [0, 0.05) is 29.2 Å². The highest BCUT2D eigenvalue weighted by molar-refractivity contribution is 6.06. The second-order valence-electron chi connectivity index (χ2n) is 5.84. The fourth-order valence-corrected chi connectivity index (χ4v) is 2.77. The van der Waals surface area contributed by atoms with E-state index in [9.17, 15) is 9.59 Å². The van der Waals surface area contributed by atoms with E-state index in [1.165, 1.54) is 0 Å². The predicted octanol–water partition coefficient (Wildman–Crippen LogP) is 3.40. The summed E-state index contributed by atoms with van der Waals surface area (Å²) in [6.07, 6.45) is 0. The number of aromatic nitrogens is 1. The molecule has 5 nitrogen and oxygen atoms in total. The first-order valence-corrected chi connectivity index (χ1v) is 7.71. The van der Waals surface area contributed by atoms with Crippen LogP contribution in [0.3, 0.4) is 0 Å². The van der Waals surface area contributed by atoms with Crippen LogP contribution in [0.4, 0.5) is 5.69 Å². The third kappa shape index (κ3) is 3.01. The maximum Gasteiger partial charge on any atom is 0.272 e. The molecule has 3 N–H and O–H groups in total. The molecule has 1 aromatic heterocycles. The molecule has 0 bridgehead atoms. The van der Waals surface area contributed by atoms with Crippen LogP contribution in [0.2, 0.25) is 0 Å². The Morgan fingerprint density at radius 1 is 0.958 bits per heavy atom. The summed E-state index contributed by atoms with van der Waals surface area (Å²) in [5, 5.41) is 6.44. The van der Waals surface area contributed by atoms with Crippen LogP contribution in [-0.2, 0) is 0 Å². The minimum absolute atomic E-state index is 0.158. The molecule has 1 heterocycles. The molecule has 3 rings (SSSR count). The molecule has 3 aromatic rings. The van der Waals surface area contributed by atoms with Gasteiger partial charge in [0.2, 0.25) is 0 Å². The van der Waals surface area contributed by atoms with Crippen molar-refractivity contribution in [2.75, 3.05) is 12.4 Å². The molecule has 0 radical (unpaired) electrons. The highest BCUT2D eigenvalue weighted by Crippen LogP contribution is 2.22. The smallest absolute Gasteiger partial charge is 0.272 e. The lowest BCUT2D eigenvalue weighted by molar-refractivity contribution is 0.0962. The highest BCUT2D eigenvalue weighted by Gasteiger charge is 2.12. The number of nitrogens with one attached hydrogen (secondary N) is 3. The molecule has 2 aromatic carbocycles. The van der Waals surface area contributed by atoms with E-state index in [0.29, 0.717) is 16.9 Å². The number of rotatable bonds is 3. The van der Waals surface area contributed by atoms with Crippen LogP contribution in [0, 0.1) is 13.8 Å². The zero-order chi connectivity index (χ0) is 17.3. The van der Waals surface area contributed by atoms with Crippen LogP contribution in [0.1, 0.15) is 32.0 Å². The molecule has 2 amide bonds. The summed E-state index contributed by atoms with van der Waals surface area (Å²) in [5.74, 6) is -0.370. The van der Waals surface area contributed by atoms with Crippen molar-refractivity contribution < 1.29 is 9.59 Å². The molecule has 24 heavy (non-hydrogen) atoms. The van der Waals surface area contributed by atoms with Crippen LogP contribution >= 0.6 is 0 Å². The molecule has 0 aliphatic rings. The van der Waals surface area contributed by atoms with E-state index in [2.05, 4.69) is 21.7 Å². The van der Waals surface area contributed by atoms with Crippen LogP contribution in [-0.4, -0.2) is 23.8 Å². The van der Waals surface area contributed by atoms with Crippen molar-refractivity contribution in [3.8, 4) is 0 Å². The Morgan fingerprint density at radius 2 is 1.67 bits per heavy atom.